The number of hydrogen-bond acceptors (Lipinski definition) is 5. The maximum absolute atomic E-state index is 12.9. The number of rotatable bonds is 3. The van der Waals surface area contributed by atoms with Crippen LogP contribution in [0.1, 0.15) is 32.1 Å². The van der Waals surface area contributed by atoms with Crippen molar-refractivity contribution in [2.75, 3.05) is 20.2 Å². The van der Waals surface area contributed by atoms with Crippen LogP contribution in [0.25, 0.3) is 0 Å². The largest absolute Gasteiger partial charge is 0.469 e. The van der Waals surface area contributed by atoms with E-state index in [0.29, 0.717) is 23.6 Å². The maximum Gasteiger partial charge on any atom is 0.418 e. The maximum atomic E-state index is 12.9. The highest BCUT2D eigenvalue weighted by Crippen LogP contribution is 2.41. The molecule has 1 N–H and O–H groups in total. The molecular weight excluding hydrogens is 339 g/mol. The van der Waals surface area contributed by atoms with E-state index in [-0.39, 0.29) is 6.42 Å². The van der Waals surface area contributed by atoms with Crippen LogP contribution in [0.15, 0.2) is 0 Å². The number of aliphatic hydroxyl groups is 1. The molecule has 0 amide bonds. The molecule has 3 unspecified atom stereocenters. The fourth-order valence-electron chi connectivity index (χ4n) is 3.27. The molecule has 1 saturated heterocycles. The molecule has 1 heterocycles. The summed E-state index contributed by atoms with van der Waals surface area (Å²) in [6, 6.07) is 0. The van der Waals surface area contributed by atoms with Crippen molar-refractivity contribution in [3.63, 3.8) is 0 Å². The molecule has 2 rings (SSSR count). The lowest BCUT2D eigenvalue weighted by molar-refractivity contribution is -0.252. The first-order chi connectivity index (χ1) is 10.5. The summed E-state index contributed by atoms with van der Waals surface area (Å²) in [5.74, 6) is -1.54. The van der Waals surface area contributed by atoms with Crippen LogP contribution in [-0.2, 0) is 19.6 Å². The molecule has 3 atom stereocenters. The van der Waals surface area contributed by atoms with Crippen molar-refractivity contribution in [3.8, 4) is 0 Å². The molecule has 10 heteroatoms. The Morgan fingerprint density at radius 2 is 1.91 bits per heavy atom. The van der Waals surface area contributed by atoms with Crippen LogP contribution in [0.2, 0.25) is 0 Å². The molecule has 2 fully saturated rings. The van der Waals surface area contributed by atoms with Gasteiger partial charge < -0.3 is 9.84 Å². The van der Waals surface area contributed by atoms with Gasteiger partial charge in [0.2, 0.25) is 10.0 Å². The Kier molecular flexibility index (Phi) is 4.99. The number of carbonyl (C=O) groups excluding carboxylic acids is 1. The standard InChI is InChI=1S/C13H20F3NO5S/c1-22-11(18)9-4-2-3-5-10(9)23(20,21)17-7-6-12(19,8-17)13(14,15)16/h9-10,19H,2-8H2,1H3. The van der Waals surface area contributed by atoms with Gasteiger partial charge in [-0.15, -0.1) is 0 Å². The van der Waals surface area contributed by atoms with Gasteiger partial charge in [0, 0.05) is 13.0 Å². The van der Waals surface area contributed by atoms with E-state index in [2.05, 4.69) is 4.74 Å². The zero-order chi connectivity index (χ0) is 17.5. The highest BCUT2D eigenvalue weighted by atomic mass is 32.2. The molecule has 0 aromatic heterocycles. The van der Waals surface area contributed by atoms with Crippen molar-refractivity contribution in [2.24, 2.45) is 5.92 Å². The Morgan fingerprint density at radius 3 is 2.43 bits per heavy atom. The summed E-state index contributed by atoms with van der Waals surface area (Å²) in [7, 11) is -2.97. The van der Waals surface area contributed by atoms with Gasteiger partial charge in [-0.05, 0) is 12.8 Å². The number of nitrogens with zero attached hydrogens (tertiary/aromatic N) is 1. The molecular formula is C13H20F3NO5S. The van der Waals surface area contributed by atoms with Crippen molar-refractivity contribution in [2.45, 2.75) is 49.1 Å². The Labute approximate surface area is 132 Å². The zero-order valence-electron chi connectivity index (χ0n) is 12.7. The minimum atomic E-state index is -4.90. The van der Waals surface area contributed by atoms with E-state index in [0.717, 1.165) is 7.11 Å². The third-order valence-electron chi connectivity index (χ3n) is 4.69. The minimum absolute atomic E-state index is 0.197. The van der Waals surface area contributed by atoms with Crippen molar-refractivity contribution >= 4 is 16.0 Å². The third-order valence-corrected chi connectivity index (χ3v) is 7.05. The molecule has 6 nitrogen and oxygen atoms in total. The SMILES string of the molecule is COC(=O)C1CCCCC1S(=O)(=O)N1CCC(O)(C(F)(F)F)C1. The molecule has 0 aromatic carbocycles. The number of halogens is 3. The van der Waals surface area contributed by atoms with Crippen LogP contribution in [0.3, 0.4) is 0 Å². The number of carbonyl (C=O) groups is 1. The smallest absolute Gasteiger partial charge is 0.418 e. The lowest BCUT2D eigenvalue weighted by atomic mass is 9.89. The van der Waals surface area contributed by atoms with Crippen LogP contribution >= 0.6 is 0 Å². The van der Waals surface area contributed by atoms with Crippen LogP contribution in [0.4, 0.5) is 13.2 Å². The summed E-state index contributed by atoms with van der Waals surface area (Å²) in [5, 5.41) is 8.56. The molecule has 2 aliphatic rings. The highest BCUT2D eigenvalue weighted by molar-refractivity contribution is 7.89. The van der Waals surface area contributed by atoms with Gasteiger partial charge >= 0.3 is 12.1 Å². The Morgan fingerprint density at radius 1 is 1.30 bits per heavy atom. The molecule has 1 aliphatic carbocycles. The minimum Gasteiger partial charge on any atom is -0.469 e. The molecule has 0 aromatic rings. The summed E-state index contributed by atoms with van der Waals surface area (Å²) in [4.78, 5) is 11.8. The van der Waals surface area contributed by atoms with Gasteiger partial charge in [0.1, 0.15) is 0 Å². The lowest BCUT2D eigenvalue weighted by Gasteiger charge is -2.33. The molecule has 1 saturated carbocycles. The van der Waals surface area contributed by atoms with Gasteiger partial charge in [0.25, 0.3) is 0 Å². The summed E-state index contributed by atoms with van der Waals surface area (Å²) in [5.41, 5.74) is -3.03. The Bertz CT molecular complexity index is 564. The van der Waals surface area contributed by atoms with Crippen LogP contribution in [0.5, 0.6) is 0 Å². The fraction of sp³-hybridized carbons (Fsp3) is 0.923. The van der Waals surface area contributed by atoms with E-state index in [1.165, 1.54) is 0 Å². The van der Waals surface area contributed by atoms with Crippen molar-refractivity contribution in [1.29, 1.82) is 0 Å². The second kappa shape index (κ2) is 6.21. The summed E-state index contributed by atoms with van der Waals surface area (Å²) < 4.78 is 69.2. The molecule has 1 aliphatic heterocycles. The predicted octanol–water partition coefficient (Wildman–Crippen LogP) is 1.05. The van der Waals surface area contributed by atoms with Crippen LogP contribution in [0, 0.1) is 5.92 Å². The number of esters is 1. The van der Waals surface area contributed by atoms with E-state index < -0.39 is 58.4 Å². The predicted molar refractivity (Wildman–Crippen MR) is 73.9 cm³/mol. The molecule has 23 heavy (non-hydrogen) atoms. The van der Waals surface area contributed by atoms with E-state index >= 15 is 0 Å². The second-order valence-electron chi connectivity index (χ2n) is 6.11. The van der Waals surface area contributed by atoms with Crippen molar-refractivity contribution in [1.82, 2.24) is 4.31 Å². The van der Waals surface area contributed by atoms with E-state index in [1.807, 2.05) is 0 Å². The molecule has 0 radical (unpaired) electrons. The van der Waals surface area contributed by atoms with Gasteiger partial charge in [0.15, 0.2) is 5.60 Å². The normalized spacial score (nSPS) is 33.6. The molecule has 134 valence electrons. The van der Waals surface area contributed by atoms with Crippen molar-refractivity contribution < 1.29 is 36.2 Å². The van der Waals surface area contributed by atoms with Crippen LogP contribution < -0.4 is 0 Å². The van der Waals surface area contributed by atoms with Gasteiger partial charge in [-0.3, -0.25) is 4.79 Å². The Balaban J connectivity index is 2.23. The van der Waals surface area contributed by atoms with Gasteiger partial charge in [-0.25, -0.2) is 8.42 Å². The number of methoxy groups -OCH3 is 1. The summed E-state index contributed by atoms with van der Waals surface area (Å²) >= 11 is 0. The number of ether oxygens (including phenoxy) is 1. The lowest BCUT2D eigenvalue weighted by Crippen LogP contribution is -2.50. The first kappa shape index (κ1) is 18.5. The zero-order valence-corrected chi connectivity index (χ0v) is 13.5. The van der Waals surface area contributed by atoms with Gasteiger partial charge in [-0.2, -0.15) is 17.5 Å². The van der Waals surface area contributed by atoms with E-state index in [1.54, 1.807) is 0 Å². The quantitative estimate of drug-likeness (QED) is 0.762. The van der Waals surface area contributed by atoms with Crippen molar-refractivity contribution in [3.05, 3.63) is 0 Å². The second-order valence-corrected chi connectivity index (χ2v) is 8.26. The van der Waals surface area contributed by atoms with Gasteiger partial charge in [0.05, 0.1) is 24.8 Å². The monoisotopic (exact) mass is 359 g/mol. The first-order valence-electron chi connectivity index (χ1n) is 7.39. The third kappa shape index (κ3) is 3.34. The van der Waals surface area contributed by atoms with Gasteiger partial charge in [-0.1, -0.05) is 12.8 Å². The average Bonchev–Trinajstić information content (AvgIpc) is 2.91. The number of sulfonamides is 1. The topological polar surface area (TPSA) is 83.9 Å². The fourth-order valence-corrected chi connectivity index (χ4v) is 5.52. The van der Waals surface area contributed by atoms with Crippen LogP contribution in [-0.4, -0.2) is 61.0 Å². The Hall–Kier alpha value is -0.870. The summed E-state index contributed by atoms with van der Waals surface area (Å²) in [6.07, 6.45) is -3.83. The molecule has 0 bridgehead atoms. The number of hydrogen-bond donors (Lipinski definition) is 1. The van der Waals surface area contributed by atoms with E-state index in [9.17, 15) is 31.5 Å². The average molecular weight is 359 g/mol. The number of β-amino-alcohol motifs (C(OH)–C–C–N with tert-alkyl or cyclic N) is 1. The molecule has 0 spiro atoms. The summed E-state index contributed by atoms with van der Waals surface area (Å²) in [6.45, 7) is -1.44. The highest BCUT2D eigenvalue weighted by Gasteiger charge is 2.59. The first-order valence-corrected chi connectivity index (χ1v) is 8.89. The van der Waals surface area contributed by atoms with E-state index in [4.69, 9.17) is 0 Å². The number of alkyl halides is 3.